The van der Waals surface area contributed by atoms with Crippen LogP contribution in [0, 0.1) is 0 Å². The van der Waals surface area contributed by atoms with E-state index in [1.54, 1.807) is 17.4 Å². The molecule has 4 aromatic carbocycles. The minimum absolute atomic E-state index is 0.258. The lowest BCUT2D eigenvalue weighted by atomic mass is 9.94. The molecule has 0 aliphatic carbocycles. The molecule has 134 valence electrons. The number of phenols is 1. The lowest BCUT2D eigenvalue weighted by Crippen LogP contribution is -1.85. The van der Waals surface area contributed by atoms with Crippen LogP contribution in [0.15, 0.2) is 97.1 Å². The molecular weight excluding hydrogens is 362 g/mol. The van der Waals surface area contributed by atoms with Gasteiger partial charge in [-0.2, -0.15) is 0 Å². The highest BCUT2D eigenvalue weighted by molar-refractivity contribution is 7.21. The highest BCUT2D eigenvalue weighted by atomic mass is 32.1. The maximum absolute atomic E-state index is 10.2. The summed E-state index contributed by atoms with van der Waals surface area (Å²) in [6, 6.07) is 32.6. The molecule has 0 aliphatic heterocycles. The molecule has 0 fully saturated rings. The van der Waals surface area contributed by atoms with Crippen LogP contribution in [0.1, 0.15) is 0 Å². The fourth-order valence-corrected chi connectivity index (χ4v) is 4.48. The number of fused-ring (bicyclic) bond motifs is 1. The number of hydrogen-bond acceptors (Lipinski definition) is 3. The van der Waals surface area contributed by atoms with Crippen molar-refractivity contribution in [3.63, 3.8) is 0 Å². The van der Waals surface area contributed by atoms with Crippen LogP contribution in [0.25, 0.3) is 43.0 Å². The van der Waals surface area contributed by atoms with Crippen LogP contribution < -0.4 is 0 Å². The van der Waals surface area contributed by atoms with Gasteiger partial charge in [-0.1, -0.05) is 72.8 Å². The predicted octanol–water partition coefficient (Wildman–Crippen LogP) is 7.00. The first kappa shape index (κ1) is 16.7. The van der Waals surface area contributed by atoms with Crippen molar-refractivity contribution < 1.29 is 5.11 Å². The Balaban J connectivity index is 1.76. The number of aromatic nitrogens is 1. The van der Waals surface area contributed by atoms with E-state index >= 15 is 0 Å². The van der Waals surface area contributed by atoms with E-state index < -0.39 is 0 Å². The standard InChI is InChI=1S/C25H17NOS/c27-23-14-8-7-13-19(23)25-26-22-15-20(17-9-3-1-4-10-17)21(16-24(22)28-25)18-11-5-2-6-12-18/h1-16,27H. The van der Waals surface area contributed by atoms with Gasteiger partial charge in [0.1, 0.15) is 10.8 Å². The van der Waals surface area contributed by atoms with Crippen molar-refractivity contribution in [2.45, 2.75) is 0 Å². The van der Waals surface area contributed by atoms with Gasteiger partial charge in [0, 0.05) is 0 Å². The van der Waals surface area contributed by atoms with Crippen molar-refractivity contribution in [1.29, 1.82) is 0 Å². The van der Waals surface area contributed by atoms with E-state index in [1.807, 2.05) is 30.3 Å². The summed E-state index contributed by atoms with van der Waals surface area (Å²) in [7, 11) is 0. The van der Waals surface area contributed by atoms with Crippen molar-refractivity contribution in [1.82, 2.24) is 4.98 Å². The molecular formula is C25H17NOS. The van der Waals surface area contributed by atoms with Gasteiger partial charge in [-0.05, 0) is 46.5 Å². The third-order valence-electron chi connectivity index (χ3n) is 4.83. The zero-order chi connectivity index (χ0) is 18.9. The molecule has 0 radical (unpaired) electrons. The highest BCUT2D eigenvalue weighted by Gasteiger charge is 2.14. The summed E-state index contributed by atoms with van der Waals surface area (Å²) >= 11 is 1.61. The van der Waals surface area contributed by atoms with Crippen molar-refractivity contribution in [2.24, 2.45) is 0 Å². The van der Waals surface area contributed by atoms with Crippen molar-refractivity contribution in [2.75, 3.05) is 0 Å². The molecule has 0 unspecified atom stereocenters. The summed E-state index contributed by atoms with van der Waals surface area (Å²) in [6.07, 6.45) is 0. The number of phenolic OH excluding ortho intramolecular Hbond substituents is 1. The molecule has 3 heteroatoms. The second kappa shape index (κ2) is 6.95. The number of thiazole rings is 1. The third kappa shape index (κ3) is 2.96. The Morgan fingerprint density at radius 3 is 1.82 bits per heavy atom. The summed E-state index contributed by atoms with van der Waals surface area (Å²) in [5, 5.41) is 11.1. The summed E-state index contributed by atoms with van der Waals surface area (Å²) in [6.45, 7) is 0. The fraction of sp³-hybridized carbons (Fsp3) is 0. The van der Waals surface area contributed by atoms with Crippen molar-refractivity contribution >= 4 is 21.6 Å². The number of benzene rings is 4. The molecule has 0 atom stereocenters. The van der Waals surface area contributed by atoms with Crippen molar-refractivity contribution in [3.05, 3.63) is 97.1 Å². The normalized spacial score (nSPS) is 11.0. The zero-order valence-electron chi connectivity index (χ0n) is 15.0. The molecule has 0 bridgehead atoms. The minimum Gasteiger partial charge on any atom is -0.507 e. The number of nitrogens with zero attached hydrogens (tertiary/aromatic N) is 1. The third-order valence-corrected chi connectivity index (χ3v) is 5.88. The number of aromatic hydroxyl groups is 1. The molecule has 2 nitrogen and oxygen atoms in total. The number of hydrogen-bond donors (Lipinski definition) is 1. The van der Waals surface area contributed by atoms with Crippen molar-refractivity contribution in [3.8, 4) is 38.6 Å². The topological polar surface area (TPSA) is 33.1 Å². The zero-order valence-corrected chi connectivity index (χ0v) is 15.9. The van der Waals surface area contributed by atoms with E-state index in [-0.39, 0.29) is 5.75 Å². The van der Waals surface area contributed by atoms with Gasteiger partial charge in [-0.3, -0.25) is 0 Å². The van der Waals surface area contributed by atoms with Gasteiger partial charge in [0.2, 0.25) is 0 Å². The summed E-state index contributed by atoms with van der Waals surface area (Å²) < 4.78 is 1.11. The Labute approximate surface area is 167 Å². The van der Waals surface area contributed by atoms with E-state index in [1.165, 1.54) is 16.7 Å². The maximum Gasteiger partial charge on any atom is 0.128 e. The molecule has 1 heterocycles. The SMILES string of the molecule is Oc1ccccc1-c1nc2cc(-c3ccccc3)c(-c3ccccc3)cc2s1. The van der Waals surface area contributed by atoms with Crippen LogP contribution in [-0.4, -0.2) is 10.1 Å². The van der Waals surface area contributed by atoms with Gasteiger partial charge in [0.05, 0.1) is 15.8 Å². The van der Waals surface area contributed by atoms with Crippen LogP contribution in [0.4, 0.5) is 0 Å². The molecule has 1 aromatic heterocycles. The minimum atomic E-state index is 0.258. The first-order valence-electron chi connectivity index (χ1n) is 9.13. The van der Waals surface area contributed by atoms with Crippen LogP contribution in [0.2, 0.25) is 0 Å². The molecule has 1 N–H and O–H groups in total. The van der Waals surface area contributed by atoms with E-state index in [0.29, 0.717) is 0 Å². The molecule has 0 aliphatic rings. The maximum atomic E-state index is 10.2. The highest BCUT2D eigenvalue weighted by Crippen LogP contribution is 2.40. The number of rotatable bonds is 3. The second-order valence-corrected chi connectivity index (χ2v) is 7.66. The van der Waals surface area contributed by atoms with Crippen LogP contribution >= 0.6 is 11.3 Å². The Bertz CT molecular complexity index is 1180. The first-order chi connectivity index (χ1) is 13.8. The largest absolute Gasteiger partial charge is 0.507 e. The van der Waals surface area contributed by atoms with Gasteiger partial charge in [-0.25, -0.2) is 4.98 Å². The van der Waals surface area contributed by atoms with E-state index in [9.17, 15) is 5.11 Å². The smallest absolute Gasteiger partial charge is 0.128 e. The van der Waals surface area contributed by atoms with Gasteiger partial charge >= 0.3 is 0 Å². The summed E-state index contributed by atoms with van der Waals surface area (Å²) in [5.41, 5.74) is 6.41. The van der Waals surface area contributed by atoms with E-state index in [2.05, 4.69) is 60.7 Å². The lowest BCUT2D eigenvalue weighted by molar-refractivity contribution is 0.477. The lowest BCUT2D eigenvalue weighted by Gasteiger charge is -2.10. The van der Waals surface area contributed by atoms with Gasteiger partial charge in [-0.15, -0.1) is 11.3 Å². The molecule has 5 rings (SSSR count). The molecule has 0 saturated carbocycles. The molecule has 0 spiro atoms. The molecule has 0 amide bonds. The Morgan fingerprint density at radius 2 is 1.18 bits per heavy atom. The second-order valence-electron chi connectivity index (χ2n) is 6.63. The average molecular weight is 379 g/mol. The van der Waals surface area contributed by atoms with Gasteiger partial charge in [0.25, 0.3) is 0 Å². The average Bonchev–Trinajstić information content (AvgIpc) is 3.17. The monoisotopic (exact) mass is 379 g/mol. The predicted molar refractivity (Wildman–Crippen MR) is 118 cm³/mol. The summed E-state index contributed by atoms with van der Waals surface area (Å²) in [5.74, 6) is 0.258. The molecule has 28 heavy (non-hydrogen) atoms. The van der Waals surface area contributed by atoms with Gasteiger partial charge in [0.15, 0.2) is 0 Å². The quantitative estimate of drug-likeness (QED) is 0.366. The van der Waals surface area contributed by atoms with E-state index in [4.69, 9.17) is 4.98 Å². The Hall–Kier alpha value is -3.43. The Kier molecular flexibility index (Phi) is 4.15. The fourth-order valence-electron chi connectivity index (χ4n) is 3.46. The van der Waals surface area contributed by atoms with Crippen LogP contribution in [0.5, 0.6) is 5.75 Å². The first-order valence-corrected chi connectivity index (χ1v) is 9.95. The number of para-hydroxylation sites is 1. The van der Waals surface area contributed by atoms with E-state index in [0.717, 1.165) is 26.4 Å². The van der Waals surface area contributed by atoms with Crippen LogP contribution in [-0.2, 0) is 0 Å². The molecule has 5 aromatic rings. The summed E-state index contributed by atoms with van der Waals surface area (Å²) in [4.78, 5) is 4.82. The van der Waals surface area contributed by atoms with Gasteiger partial charge < -0.3 is 5.11 Å². The Morgan fingerprint density at radius 1 is 0.607 bits per heavy atom. The van der Waals surface area contributed by atoms with Crippen LogP contribution in [0.3, 0.4) is 0 Å². The molecule has 0 saturated heterocycles.